The first-order chi connectivity index (χ1) is 19.1. The van der Waals surface area contributed by atoms with Crippen molar-refractivity contribution < 1.29 is 24.0 Å². The normalized spacial score (nSPS) is 29.6. The number of urea groups is 1. The maximum atomic E-state index is 14.2. The number of piperidine rings is 1. The molecule has 4 saturated carbocycles. The molecule has 5 N–H and O–H groups in total. The molecule has 0 aromatic carbocycles. The molecular formula is C28H41Cl2N5O5. The predicted octanol–water partition coefficient (Wildman–Crippen LogP) is 2.54. The van der Waals surface area contributed by atoms with Gasteiger partial charge >= 0.3 is 6.03 Å². The van der Waals surface area contributed by atoms with E-state index in [1.807, 2.05) is 0 Å². The zero-order valence-electron chi connectivity index (χ0n) is 22.8. The van der Waals surface area contributed by atoms with Crippen molar-refractivity contribution in [1.82, 2.24) is 20.9 Å². The maximum absolute atomic E-state index is 14.2. The van der Waals surface area contributed by atoms with Gasteiger partial charge in [-0.3, -0.25) is 19.2 Å². The number of hydrogen-bond acceptors (Lipinski definition) is 5. The zero-order chi connectivity index (χ0) is 28.6. The van der Waals surface area contributed by atoms with Crippen LogP contribution < -0.4 is 21.7 Å². The highest BCUT2D eigenvalue weighted by molar-refractivity contribution is 6.51. The summed E-state index contributed by atoms with van der Waals surface area (Å²) in [6.07, 6.45) is 12.0. The van der Waals surface area contributed by atoms with Crippen molar-refractivity contribution in [2.24, 2.45) is 29.4 Å². The molecule has 3 unspecified atom stereocenters. The number of rotatable bonds is 10. The summed E-state index contributed by atoms with van der Waals surface area (Å²) < 4.78 is -1.16. The Kier molecular flexibility index (Phi) is 8.86. The van der Waals surface area contributed by atoms with Crippen LogP contribution in [0.15, 0.2) is 0 Å². The molecule has 4 aliphatic carbocycles. The molecule has 1 aliphatic heterocycles. The number of Topliss-reactive ketones (excluding diaryl/α,β-unsaturated/α-hetero) is 1. The van der Waals surface area contributed by atoms with E-state index in [4.69, 9.17) is 28.9 Å². The van der Waals surface area contributed by atoms with Gasteiger partial charge in [0.25, 0.3) is 5.91 Å². The summed E-state index contributed by atoms with van der Waals surface area (Å²) in [4.78, 5) is 66.6. The smallest absolute Gasteiger partial charge is 0.315 e. The minimum Gasteiger partial charge on any atom is -0.363 e. The summed E-state index contributed by atoms with van der Waals surface area (Å²) in [6, 6.07) is -3.12. The van der Waals surface area contributed by atoms with Gasteiger partial charge in [-0.05, 0) is 43.9 Å². The van der Waals surface area contributed by atoms with Crippen molar-refractivity contribution in [1.29, 1.82) is 0 Å². The average molecular weight is 599 g/mol. The Morgan fingerprint density at radius 1 is 0.875 bits per heavy atom. The predicted molar refractivity (Wildman–Crippen MR) is 149 cm³/mol. The molecule has 5 atom stereocenters. The molecule has 1 heterocycles. The summed E-state index contributed by atoms with van der Waals surface area (Å²) in [6.45, 7) is 0.181. The fraction of sp³-hybridized carbons (Fsp3) is 0.821. The fourth-order valence-electron chi connectivity index (χ4n) is 7.12. The van der Waals surface area contributed by atoms with Crippen LogP contribution in [0.4, 0.5) is 4.79 Å². The minimum atomic E-state index is -1.16. The lowest BCUT2D eigenvalue weighted by Crippen LogP contribution is -2.60. The van der Waals surface area contributed by atoms with Gasteiger partial charge in [0.15, 0.2) is 0 Å². The van der Waals surface area contributed by atoms with Crippen LogP contribution in [0.3, 0.4) is 0 Å². The van der Waals surface area contributed by atoms with Gasteiger partial charge in [0.05, 0.1) is 6.04 Å². The van der Waals surface area contributed by atoms with E-state index in [1.165, 1.54) is 11.3 Å². The van der Waals surface area contributed by atoms with Gasteiger partial charge in [0.1, 0.15) is 16.4 Å². The molecule has 222 valence electrons. The van der Waals surface area contributed by atoms with Crippen LogP contribution in [-0.4, -0.2) is 69.5 Å². The van der Waals surface area contributed by atoms with Gasteiger partial charge in [-0.2, -0.15) is 0 Å². The Morgan fingerprint density at radius 3 is 2.10 bits per heavy atom. The Balaban J connectivity index is 1.33. The Hall–Kier alpha value is -2.07. The number of hydrogen-bond donors (Lipinski definition) is 4. The zero-order valence-corrected chi connectivity index (χ0v) is 24.4. The number of primary amides is 1. The van der Waals surface area contributed by atoms with Crippen LogP contribution in [0.1, 0.15) is 83.5 Å². The standard InChI is InChI=1S/C28H41Cl2N5O5/c29-28(30)18-14-35(22(20(18)28)25(38)33-19(13-15-11-12-15)23(36)24(31)37)26(39)21(16-7-3-1-4-8-16)34-27(40)32-17-9-5-2-6-10-17/h15-22H,1-14H2,(H2,31,37)(H,33,38)(H2,32,34,40)/t18?,19?,20?,21-,22-/m0/s1. The number of likely N-dealkylation sites (tertiary alicyclic amines) is 1. The Morgan fingerprint density at radius 2 is 1.50 bits per heavy atom. The van der Waals surface area contributed by atoms with Gasteiger partial charge in [0, 0.05) is 24.4 Å². The van der Waals surface area contributed by atoms with Crippen molar-refractivity contribution >= 4 is 52.7 Å². The van der Waals surface area contributed by atoms with Gasteiger partial charge in [0.2, 0.25) is 17.6 Å². The number of ketones is 1. The highest BCUT2D eigenvalue weighted by Crippen LogP contribution is 2.65. The molecule has 0 bridgehead atoms. The second kappa shape index (κ2) is 12.0. The van der Waals surface area contributed by atoms with Crippen LogP contribution in [-0.2, 0) is 19.2 Å². The number of halogens is 2. The molecule has 5 fully saturated rings. The topological polar surface area (TPSA) is 151 Å². The number of fused-ring (bicyclic) bond motifs is 1. The van der Waals surface area contributed by atoms with Gasteiger partial charge in [-0.15, -0.1) is 23.2 Å². The molecule has 40 heavy (non-hydrogen) atoms. The van der Waals surface area contributed by atoms with E-state index in [-0.39, 0.29) is 42.3 Å². The number of alkyl halides is 2. The number of carbonyl (C=O) groups excluding carboxylic acids is 5. The molecule has 0 radical (unpaired) electrons. The number of carbonyl (C=O) groups is 5. The van der Waals surface area contributed by atoms with Crippen molar-refractivity contribution in [3.05, 3.63) is 0 Å². The first-order valence-electron chi connectivity index (χ1n) is 15.0. The van der Waals surface area contributed by atoms with Crippen LogP contribution in [0.5, 0.6) is 0 Å². The molecular weight excluding hydrogens is 557 g/mol. The number of nitrogens with zero attached hydrogens (tertiary/aromatic N) is 1. The van der Waals surface area contributed by atoms with E-state index < -0.39 is 46.0 Å². The van der Waals surface area contributed by atoms with Crippen LogP contribution in [0.25, 0.3) is 0 Å². The van der Waals surface area contributed by atoms with Crippen LogP contribution >= 0.6 is 23.2 Å². The Bertz CT molecular complexity index is 1020. The van der Waals surface area contributed by atoms with E-state index in [1.54, 1.807) is 0 Å². The molecule has 5 rings (SSSR count). The summed E-state index contributed by atoms with van der Waals surface area (Å²) in [5.74, 6) is -3.47. The molecule has 5 amide bonds. The lowest BCUT2D eigenvalue weighted by atomic mass is 9.83. The van der Waals surface area contributed by atoms with Crippen molar-refractivity contribution in [3.63, 3.8) is 0 Å². The third kappa shape index (κ3) is 6.37. The SMILES string of the molecule is NC(=O)C(=O)C(CC1CC1)NC(=O)[C@@H]1C2C(CN1C(=O)[C@@H](NC(=O)NC1CCCCC1)C1CCCCC1)C2(Cl)Cl. The van der Waals surface area contributed by atoms with E-state index in [9.17, 15) is 24.0 Å². The van der Waals surface area contributed by atoms with E-state index >= 15 is 0 Å². The number of amides is 5. The largest absolute Gasteiger partial charge is 0.363 e. The van der Waals surface area contributed by atoms with Crippen molar-refractivity contribution in [2.45, 2.75) is 112 Å². The third-order valence-electron chi connectivity index (χ3n) is 9.64. The number of nitrogens with one attached hydrogen (secondary N) is 3. The molecule has 1 saturated heterocycles. The van der Waals surface area contributed by atoms with E-state index in [0.717, 1.165) is 70.6 Å². The highest BCUT2D eigenvalue weighted by Gasteiger charge is 2.74. The molecule has 0 aromatic rings. The molecule has 0 aromatic heterocycles. The molecule has 12 heteroatoms. The average Bonchev–Trinajstić information content (AvgIpc) is 3.79. The quantitative estimate of drug-likeness (QED) is 0.225. The van der Waals surface area contributed by atoms with Gasteiger partial charge in [-0.25, -0.2) is 4.79 Å². The maximum Gasteiger partial charge on any atom is 0.315 e. The van der Waals surface area contributed by atoms with E-state index in [2.05, 4.69) is 16.0 Å². The summed E-state index contributed by atoms with van der Waals surface area (Å²) in [5, 5.41) is 8.73. The van der Waals surface area contributed by atoms with Gasteiger partial charge in [-0.1, -0.05) is 51.4 Å². The third-order valence-corrected chi connectivity index (χ3v) is 10.7. The van der Waals surface area contributed by atoms with Crippen molar-refractivity contribution in [2.75, 3.05) is 6.54 Å². The number of nitrogens with two attached hydrogens (primary N) is 1. The van der Waals surface area contributed by atoms with Gasteiger partial charge < -0.3 is 26.6 Å². The lowest BCUT2D eigenvalue weighted by molar-refractivity contribution is -0.144. The fourth-order valence-corrected chi connectivity index (χ4v) is 7.95. The van der Waals surface area contributed by atoms with Crippen LogP contribution in [0.2, 0.25) is 0 Å². The molecule has 5 aliphatic rings. The van der Waals surface area contributed by atoms with E-state index in [0.29, 0.717) is 6.42 Å². The molecule has 0 spiro atoms. The first kappa shape index (κ1) is 29.4. The lowest BCUT2D eigenvalue weighted by Gasteiger charge is -2.37. The monoisotopic (exact) mass is 597 g/mol. The highest BCUT2D eigenvalue weighted by atomic mass is 35.5. The molecule has 10 nitrogen and oxygen atoms in total. The van der Waals surface area contributed by atoms with Crippen molar-refractivity contribution in [3.8, 4) is 0 Å². The second-order valence-corrected chi connectivity index (χ2v) is 14.0. The Labute approximate surface area is 245 Å². The summed E-state index contributed by atoms with van der Waals surface area (Å²) in [7, 11) is 0. The summed E-state index contributed by atoms with van der Waals surface area (Å²) >= 11 is 13.0. The summed E-state index contributed by atoms with van der Waals surface area (Å²) in [5.41, 5.74) is 5.26. The minimum absolute atomic E-state index is 0.0465. The van der Waals surface area contributed by atoms with Crippen LogP contribution in [0, 0.1) is 23.7 Å². The second-order valence-electron chi connectivity index (χ2n) is 12.5. The first-order valence-corrected chi connectivity index (χ1v) is 15.7.